The minimum Gasteiger partial charge on any atom is -0.394 e. The highest BCUT2D eigenvalue weighted by atomic mass is 16.3. The minimum atomic E-state index is -0.856. The molecule has 2 aromatic carbocycles. The summed E-state index contributed by atoms with van der Waals surface area (Å²) in [6, 6.07) is 17.8. The Bertz CT molecular complexity index is 586. The van der Waals surface area contributed by atoms with Crippen molar-refractivity contribution in [3.05, 3.63) is 71.8 Å². The van der Waals surface area contributed by atoms with Crippen LogP contribution in [0.15, 0.2) is 60.7 Å². The van der Waals surface area contributed by atoms with Crippen molar-refractivity contribution in [3.63, 3.8) is 0 Å². The smallest absolute Gasteiger partial charge is 0.242 e. The Morgan fingerprint density at radius 3 is 2.19 bits per heavy atom. The summed E-state index contributed by atoms with van der Waals surface area (Å²) in [4.78, 5) is 12.3. The number of nitrogens with two attached hydrogens (primary N) is 1. The summed E-state index contributed by atoms with van der Waals surface area (Å²) in [5, 5.41) is 12.5. The summed E-state index contributed by atoms with van der Waals surface area (Å²) in [5.41, 5.74) is 6.70. The molecule has 0 aliphatic rings. The van der Waals surface area contributed by atoms with Gasteiger partial charge >= 0.3 is 0 Å². The number of rotatable bonds is 5. The molecular weight excluding hydrogens is 264 g/mol. The van der Waals surface area contributed by atoms with Crippen molar-refractivity contribution in [2.24, 2.45) is 5.73 Å². The summed E-state index contributed by atoms with van der Waals surface area (Å²) >= 11 is 0. The Balaban J connectivity index is 2.17. The molecule has 1 unspecified atom stereocenters. The first-order valence-electron chi connectivity index (χ1n) is 6.86. The van der Waals surface area contributed by atoms with Gasteiger partial charge in [-0.05, 0) is 18.1 Å². The largest absolute Gasteiger partial charge is 0.394 e. The van der Waals surface area contributed by atoms with Gasteiger partial charge in [0.1, 0.15) is 6.04 Å². The van der Waals surface area contributed by atoms with Crippen LogP contribution in [0.2, 0.25) is 0 Å². The first-order chi connectivity index (χ1) is 10.1. The zero-order valence-corrected chi connectivity index (χ0v) is 12.0. The van der Waals surface area contributed by atoms with E-state index >= 15 is 0 Å². The maximum atomic E-state index is 12.3. The lowest BCUT2D eigenvalue weighted by molar-refractivity contribution is -0.125. The monoisotopic (exact) mass is 284 g/mol. The Kier molecular flexibility index (Phi) is 4.73. The number of aliphatic hydroxyl groups excluding tert-OH is 1. The molecule has 2 atom stereocenters. The number of carbonyl (C=O) groups excluding carboxylic acids is 1. The van der Waals surface area contributed by atoms with E-state index in [9.17, 15) is 9.90 Å². The van der Waals surface area contributed by atoms with Crippen LogP contribution in [-0.2, 0) is 10.3 Å². The van der Waals surface area contributed by atoms with Crippen molar-refractivity contribution in [1.82, 2.24) is 5.32 Å². The standard InChI is InChI=1S/C17H20N2O2/c1-17(12-20,14-10-6-3-7-11-14)19-16(21)15(18)13-8-4-2-5-9-13/h2-11,15,20H,12,18H2,1H3,(H,19,21)/t15-,17?/m0/s1. The average Bonchev–Trinajstić information content (AvgIpc) is 2.55. The SMILES string of the molecule is CC(CO)(NC(=O)[C@@H](N)c1ccccc1)c1ccccc1. The van der Waals surface area contributed by atoms with Crippen LogP contribution < -0.4 is 11.1 Å². The van der Waals surface area contributed by atoms with Crippen LogP contribution in [0.3, 0.4) is 0 Å². The normalized spacial score (nSPS) is 15.0. The van der Waals surface area contributed by atoms with Gasteiger partial charge in [0.15, 0.2) is 0 Å². The molecule has 110 valence electrons. The quantitative estimate of drug-likeness (QED) is 0.782. The van der Waals surface area contributed by atoms with Crippen molar-refractivity contribution in [3.8, 4) is 0 Å². The molecule has 0 saturated carbocycles. The van der Waals surface area contributed by atoms with Crippen molar-refractivity contribution in [1.29, 1.82) is 0 Å². The second-order valence-corrected chi connectivity index (χ2v) is 5.23. The molecule has 4 heteroatoms. The zero-order valence-electron chi connectivity index (χ0n) is 12.0. The van der Waals surface area contributed by atoms with Crippen LogP contribution in [0.5, 0.6) is 0 Å². The lowest BCUT2D eigenvalue weighted by Crippen LogP contribution is -2.49. The Hall–Kier alpha value is -2.17. The highest BCUT2D eigenvalue weighted by Crippen LogP contribution is 2.21. The second kappa shape index (κ2) is 6.52. The molecule has 0 heterocycles. The third-order valence-electron chi connectivity index (χ3n) is 3.57. The summed E-state index contributed by atoms with van der Waals surface area (Å²) < 4.78 is 0. The molecule has 0 aliphatic carbocycles. The fourth-order valence-corrected chi connectivity index (χ4v) is 2.17. The highest BCUT2D eigenvalue weighted by Gasteiger charge is 2.30. The van der Waals surface area contributed by atoms with Gasteiger partial charge in [0.25, 0.3) is 0 Å². The number of carbonyl (C=O) groups is 1. The lowest BCUT2D eigenvalue weighted by Gasteiger charge is -2.30. The fraction of sp³-hybridized carbons (Fsp3) is 0.235. The van der Waals surface area contributed by atoms with E-state index in [2.05, 4.69) is 5.32 Å². The Labute approximate surface area is 124 Å². The topological polar surface area (TPSA) is 75.3 Å². The molecule has 0 saturated heterocycles. The molecule has 4 N–H and O–H groups in total. The van der Waals surface area contributed by atoms with Crippen LogP contribution in [0.25, 0.3) is 0 Å². The fourth-order valence-electron chi connectivity index (χ4n) is 2.17. The van der Waals surface area contributed by atoms with E-state index in [-0.39, 0.29) is 12.5 Å². The molecule has 0 spiro atoms. The minimum absolute atomic E-state index is 0.204. The molecule has 2 aromatic rings. The van der Waals surface area contributed by atoms with E-state index in [1.54, 1.807) is 6.92 Å². The summed E-state index contributed by atoms with van der Waals surface area (Å²) in [7, 11) is 0. The van der Waals surface area contributed by atoms with Crippen LogP contribution in [0.4, 0.5) is 0 Å². The molecule has 0 aliphatic heterocycles. The maximum absolute atomic E-state index is 12.3. The molecule has 1 amide bonds. The summed E-state index contributed by atoms with van der Waals surface area (Å²) in [6.07, 6.45) is 0. The van der Waals surface area contributed by atoms with E-state index in [1.807, 2.05) is 60.7 Å². The van der Waals surface area contributed by atoms with Gasteiger partial charge < -0.3 is 16.2 Å². The Morgan fingerprint density at radius 1 is 1.14 bits per heavy atom. The second-order valence-electron chi connectivity index (χ2n) is 5.23. The number of nitrogens with one attached hydrogen (secondary N) is 1. The van der Waals surface area contributed by atoms with E-state index in [4.69, 9.17) is 5.73 Å². The third kappa shape index (κ3) is 3.48. The van der Waals surface area contributed by atoms with Gasteiger partial charge in [-0.2, -0.15) is 0 Å². The average molecular weight is 284 g/mol. The van der Waals surface area contributed by atoms with E-state index in [0.717, 1.165) is 11.1 Å². The van der Waals surface area contributed by atoms with E-state index in [0.29, 0.717) is 0 Å². The van der Waals surface area contributed by atoms with Gasteiger partial charge in [-0.15, -0.1) is 0 Å². The first kappa shape index (κ1) is 15.2. The van der Waals surface area contributed by atoms with Crippen molar-refractivity contribution < 1.29 is 9.90 Å². The molecule has 0 aromatic heterocycles. The highest BCUT2D eigenvalue weighted by molar-refractivity contribution is 5.83. The first-order valence-corrected chi connectivity index (χ1v) is 6.86. The van der Waals surface area contributed by atoms with Gasteiger partial charge in [-0.25, -0.2) is 0 Å². The van der Waals surface area contributed by atoms with Gasteiger partial charge in [0.2, 0.25) is 5.91 Å². The van der Waals surface area contributed by atoms with Gasteiger partial charge in [-0.3, -0.25) is 4.79 Å². The zero-order chi connectivity index (χ0) is 15.3. The number of amides is 1. The molecule has 0 fully saturated rings. The van der Waals surface area contributed by atoms with Gasteiger partial charge in [0, 0.05) is 0 Å². The van der Waals surface area contributed by atoms with Gasteiger partial charge in [0.05, 0.1) is 12.1 Å². The van der Waals surface area contributed by atoms with E-state index in [1.165, 1.54) is 0 Å². The molecule has 21 heavy (non-hydrogen) atoms. The van der Waals surface area contributed by atoms with Crippen molar-refractivity contribution in [2.75, 3.05) is 6.61 Å². The van der Waals surface area contributed by atoms with Crippen LogP contribution >= 0.6 is 0 Å². The van der Waals surface area contributed by atoms with Gasteiger partial charge in [-0.1, -0.05) is 60.7 Å². The van der Waals surface area contributed by atoms with Crippen LogP contribution in [0.1, 0.15) is 24.1 Å². The molecular formula is C17H20N2O2. The lowest BCUT2D eigenvalue weighted by atomic mass is 9.92. The third-order valence-corrected chi connectivity index (χ3v) is 3.57. The number of hydrogen-bond donors (Lipinski definition) is 3. The number of aliphatic hydroxyl groups is 1. The van der Waals surface area contributed by atoms with Crippen LogP contribution in [0, 0.1) is 0 Å². The molecule has 0 bridgehead atoms. The predicted molar refractivity (Wildman–Crippen MR) is 82.4 cm³/mol. The number of hydrogen-bond acceptors (Lipinski definition) is 3. The molecule has 4 nitrogen and oxygen atoms in total. The maximum Gasteiger partial charge on any atom is 0.242 e. The Morgan fingerprint density at radius 2 is 1.67 bits per heavy atom. The van der Waals surface area contributed by atoms with Crippen molar-refractivity contribution in [2.45, 2.75) is 18.5 Å². The van der Waals surface area contributed by atoms with E-state index < -0.39 is 11.6 Å². The molecule has 2 rings (SSSR count). The predicted octanol–water partition coefficient (Wildman–Crippen LogP) is 1.71. The molecule has 0 radical (unpaired) electrons. The number of benzene rings is 2. The van der Waals surface area contributed by atoms with Crippen molar-refractivity contribution >= 4 is 5.91 Å². The summed E-state index contributed by atoms with van der Waals surface area (Å²) in [6.45, 7) is 1.57. The van der Waals surface area contributed by atoms with Crippen LogP contribution in [-0.4, -0.2) is 17.6 Å². The summed E-state index contributed by atoms with van der Waals surface area (Å²) in [5.74, 6) is -0.318.